The van der Waals surface area contributed by atoms with Crippen LogP contribution in [0.4, 0.5) is 0 Å². The first-order valence-corrected chi connectivity index (χ1v) is 7.28. The summed E-state index contributed by atoms with van der Waals surface area (Å²) in [6.07, 6.45) is 9.30. The van der Waals surface area contributed by atoms with Gasteiger partial charge in [-0.3, -0.25) is 0 Å². The Morgan fingerprint density at radius 2 is 1.67 bits per heavy atom. The van der Waals surface area contributed by atoms with E-state index >= 15 is 0 Å². The van der Waals surface area contributed by atoms with Gasteiger partial charge in [-0.1, -0.05) is 49.9 Å². The third-order valence-electron chi connectivity index (χ3n) is 3.81. The summed E-state index contributed by atoms with van der Waals surface area (Å²) in [6, 6.07) is 8.51. The zero-order valence-electron chi connectivity index (χ0n) is 11.2. The number of ether oxygens (including phenoxy) is 1. The van der Waals surface area contributed by atoms with Gasteiger partial charge in [-0.25, -0.2) is 0 Å². The highest BCUT2D eigenvalue weighted by molar-refractivity contribution is 5.26. The van der Waals surface area contributed by atoms with E-state index in [0.717, 1.165) is 13.0 Å². The van der Waals surface area contributed by atoms with Gasteiger partial charge in [0.25, 0.3) is 0 Å². The van der Waals surface area contributed by atoms with E-state index in [1.807, 2.05) is 0 Å². The molecule has 0 amide bonds. The van der Waals surface area contributed by atoms with Gasteiger partial charge >= 0.3 is 0 Å². The molecular formula is C16H25NO. The van der Waals surface area contributed by atoms with Crippen LogP contribution < -0.4 is 5.73 Å². The van der Waals surface area contributed by atoms with Crippen molar-refractivity contribution < 1.29 is 4.74 Å². The Balaban J connectivity index is 1.88. The molecule has 0 bridgehead atoms. The lowest BCUT2D eigenvalue weighted by molar-refractivity contribution is 0.0306. The van der Waals surface area contributed by atoms with Crippen molar-refractivity contribution in [3.63, 3.8) is 0 Å². The number of nitrogens with two attached hydrogens (primary N) is 1. The van der Waals surface area contributed by atoms with Crippen LogP contribution in [0.25, 0.3) is 0 Å². The van der Waals surface area contributed by atoms with E-state index in [-0.39, 0.29) is 0 Å². The highest BCUT2D eigenvalue weighted by Gasteiger charge is 2.13. The first-order chi connectivity index (χ1) is 8.90. The highest BCUT2D eigenvalue weighted by Crippen LogP contribution is 2.21. The number of benzene rings is 1. The fourth-order valence-electron chi connectivity index (χ4n) is 2.71. The predicted octanol–water partition coefficient (Wildman–Crippen LogP) is 3.43. The van der Waals surface area contributed by atoms with Crippen LogP contribution in [-0.4, -0.2) is 12.6 Å². The Bertz CT molecular complexity index is 343. The summed E-state index contributed by atoms with van der Waals surface area (Å²) in [7, 11) is 0. The van der Waals surface area contributed by atoms with E-state index in [1.54, 1.807) is 0 Å². The van der Waals surface area contributed by atoms with Gasteiger partial charge in [0, 0.05) is 0 Å². The van der Waals surface area contributed by atoms with Crippen LogP contribution in [0.5, 0.6) is 0 Å². The molecule has 2 heteroatoms. The summed E-state index contributed by atoms with van der Waals surface area (Å²) in [5.41, 5.74) is 8.30. The zero-order valence-corrected chi connectivity index (χ0v) is 11.2. The van der Waals surface area contributed by atoms with E-state index < -0.39 is 0 Å². The maximum atomic E-state index is 6.10. The summed E-state index contributed by atoms with van der Waals surface area (Å²) in [4.78, 5) is 0. The van der Waals surface area contributed by atoms with Crippen molar-refractivity contribution in [1.82, 2.24) is 0 Å². The molecule has 1 saturated carbocycles. The largest absolute Gasteiger partial charge is 0.374 e. The average molecular weight is 247 g/mol. The van der Waals surface area contributed by atoms with Gasteiger partial charge in [0.2, 0.25) is 0 Å². The van der Waals surface area contributed by atoms with Crippen LogP contribution in [0.3, 0.4) is 0 Å². The molecule has 0 unspecified atom stereocenters. The fraction of sp³-hybridized carbons (Fsp3) is 0.625. The lowest BCUT2D eigenvalue weighted by Gasteiger charge is -2.17. The van der Waals surface area contributed by atoms with Gasteiger partial charge in [-0.05, 0) is 36.9 Å². The molecule has 2 nitrogen and oxygen atoms in total. The second-order valence-corrected chi connectivity index (χ2v) is 5.23. The summed E-state index contributed by atoms with van der Waals surface area (Å²) >= 11 is 0. The van der Waals surface area contributed by atoms with Crippen molar-refractivity contribution in [3.8, 4) is 0 Å². The zero-order chi connectivity index (χ0) is 12.6. The Hall–Kier alpha value is -0.860. The average Bonchev–Trinajstić information content (AvgIpc) is 2.67. The maximum Gasteiger partial charge on any atom is 0.0723 e. The van der Waals surface area contributed by atoms with E-state index in [2.05, 4.69) is 24.3 Å². The third kappa shape index (κ3) is 4.11. The molecular weight excluding hydrogens is 222 g/mol. The molecule has 0 saturated heterocycles. The minimum Gasteiger partial charge on any atom is -0.374 e. The molecule has 1 aromatic rings. The molecule has 0 heterocycles. The monoisotopic (exact) mass is 247 g/mol. The Kier molecular flexibility index (Phi) is 5.69. The molecule has 1 aliphatic rings. The van der Waals surface area contributed by atoms with E-state index in [4.69, 9.17) is 10.5 Å². The lowest BCUT2D eigenvalue weighted by Crippen LogP contribution is -2.13. The van der Waals surface area contributed by atoms with Crippen molar-refractivity contribution in [2.75, 3.05) is 6.54 Å². The quantitative estimate of drug-likeness (QED) is 0.809. The van der Waals surface area contributed by atoms with E-state index in [9.17, 15) is 0 Å². The first-order valence-electron chi connectivity index (χ1n) is 7.28. The summed E-state index contributed by atoms with van der Waals surface area (Å²) in [5, 5.41) is 0. The van der Waals surface area contributed by atoms with Gasteiger partial charge in [0.05, 0.1) is 12.7 Å². The topological polar surface area (TPSA) is 35.2 Å². The van der Waals surface area contributed by atoms with Crippen LogP contribution in [0, 0.1) is 0 Å². The van der Waals surface area contributed by atoms with Gasteiger partial charge in [0.1, 0.15) is 0 Å². The van der Waals surface area contributed by atoms with Crippen molar-refractivity contribution in [3.05, 3.63) is 35.4 Å². The first kappa shape index (κ1) is 13.6. The van der Waals surface area contributed by atoms with Crippen LogP contribution in [0.1, 0.15) is 49.7 Å². The van der Waals surface area contributed by atoms with Gasteiger partial charge < -0.3 is 10.5 Å². The smallest absolute Gasteiger partial charge is 0.0723 e. The van der Waals surface area contributed by atoms with Crippen LogP contribution in [-0.2, 0) is 17.8 Å². The minimum atomic E-state index is 0.471. The Morgan fingerprint density at radius 1 is 1.00 bits per heavy atom. The van der Waals surface area contributed by atoms with Crippen molar-refractivity contribution >= 4 is 0 Å². The molecule has 18 heavy (non-hydrogen) atoms. The minimum absolute atomic E-state index is 0.471. The second-order valence-electron chi connectivity index (χ2n) is 5.23. The normalized spacial score (nSPS) is 17.6. The number of hydrogen-bond donors (Lipinski definition) is 1. The summed E-state index contributed by atoms with van der Waals surface area (Å²) < 4.78 is 6.10. The Morgan fingerprint density at radius 3 is 2.33 bits per heavy atom. The van der Waals surface area contributed by atoms with Crippen LogP contribution in [0.2, 0.25) is 0 Å². The molecule has 100 valence electrons. The molecule has 0 spiro atoms. The van der Waals surface area contributed by atoms with E-state index in [1.165, 1.54) is 49.7 Å². The molecule has 0 aliphatic heterocycles. The highest BCUT2D eigenvalue weighted by atomic mass is 16.5. The van der Waals surface area contributed by atoms with Gasteiger partial charge in [-0.2, -0.15) is 0 Å². The fourth-order valence-corrected chi connectivity index (χ4v) is 2.71. The predicted molar refractivity (Wildman–Crippen MR) is 75.5 cm³/mol. The van der Waals surface area contributed by atoms with Crippen molar-refractivity contribution in [2.45, 2.75) is 57.7 Å². The molecule has 2 N–H and O–H groups in total. The van der Waals surface area contributed by atoms with Crippen LogP contribution in [0.15, 0.2) is 24.3 Å². The molecule has 1 fully saturated rings. The SMILES string of the molecule is NCCc1ccccc1COC1CCCCCC1. The standard InChI is InChI=1S/C16H25NO/c17-12-11-14-7-5-6-8-15(14)13-18-16-9-3-1-2-4-10-16/h5-8,16H,1-4,9-13,17H2. The molecule has 1 aliphatic carbocycles. The molecule has 0 atom stereocenters. The molecule has 1 aromatic carbocycles. The molecule has 2 rings (SSSR count). The maximum absolute atomic E-state index is 6.10. The van der Waals surface area contributed by atoms with Crippen LogP contribution >= 0.6 is 0 Å². The second kappa shape index (κ2) is 7.55. The van der Waals surface area contributed by atoms with Crippen molar-refractivity contribution in [2.24, 2.45) is 5.73 Å². The molecule has 0 radical (unpaired) electrons. The number of rotatable bonds is 5. The van der Waals surface area contributed by atoms with Gasteiger partial charge in [0.15, 0.2) is 0 Å². The Labute approximate surface area is 111 Å². The van der Waals surface area contributed by atoms with E-state index in [0.29, 0.717) is 12.6 Å². The lowest BCUT2D eigenvalue weighted by atomic mass is 10.1. The summed E-state index contributed by atoms with van der Waals surface area (Å²) in [6.45, 7) is 1.46. The van der Waals surface area contributed by atoms with Gasteiger partial charge in [-0.15, -0.1) is 0 Å². The summed E-state index contributed by atoms with van der Waals surface area (Å²) in [5.74, 6) is 0. The molecule has 0 aromatic heterocycles. The third-order valence-corrected chi connectivity index (χ3v) is 3.81. The number of hydrogen-bond acceptors (Lipinski definition) is 2. The van der Waals surface area contributed by atoms with Crippen molar-refractivity contribution in [1.29, 1.82) is 0 Å².